The highest BCUT2D eigenvalue weighted by Gasteiger charge is 2.33. The lowest BCUT2D eigenvalue weighted by molar-refractivity contribution is 0.0604. The number of nitrogens with zero attached hydrogens (tertiary/aromatic N) is 1. The lowest BCUT2D eigenvalue weighted by Crippen LogP contribution is -2.41. The molecule has 0 atom stereocenters. The maximum atomic E-state index is 13.1. The van der Waals surface area contributed by atoms with Gasteiger partial charge in [-0.15, -0.1) is 0 Å². The summed E-state index contributed by atoms with van der Waals surface area (Å²) in [6.07, 6.45) is 1.86. The van der Waals surface area contributed by atoms with Crippen molar-refractivity contribution in [1.29, 1.82) is 0 Å². The third kappa shape index (κ3) is 4.70. The van der Waals surface area contributed by atoms with Gasteiger partial charge in [0.1, 0.15) is 0 Å². The van der Waals surface area contributed by atoms with Crippen LogP contribution in [0.5, 0.6) is 0 Å². The number of hydrogen-bond acceptors (Lipinski definition) is 4. The minimum absolute atomic E-state index is 0.178. The van der Waals surface area contributed by atoms with Crippen molar-refractivity contribution in [2.75, 3.05) is 25.5 Å². The molecule has 1 aliphatic rings. The number of benzene rings is 2. The van der Waals surface area contributed by atoms with E-state index in [0.29, 0.717) is 23.6 Å². The monoisotopic (exact) mass is 440 g/mol. The van der Waals surface area contributed by atoms with Gasteiger partial charge in [0, 0.05) is 47.8 Å². The van der Waals surface area contributed by atoms with Crippen LogP contribution in [0.2, 0.25) is 18.1 Å². The molecule has 2 amide bonds. The van der Waals surface area contributed by atoms with Crippen LogP contribution in [-0.2, 0) is 4.43 Å². The lowest BCUT2D eigenvalue weighted by atomic mass is 9.92. The van der Waals surface area contributed by atoms with Crippen molar-refractivity contribution in [3.63, 3.8) is 0 Å². The highest BCUT2D eigenvalue weighted by Crippen LogP contribution is 2.34. The minimum Gasteiger partial charge on any atom is -0.420 e. The summed E-state index contributed by atoms with van der Waals surface area (Å²) < 4.78 is 5.91. The fourth-order valence-corrected chi connectivity index (χ4v) is 7.33. The van der Waals surface area contributed by atoms with E-state index in [-0.39, 0.29) is 11.8 Å². The van der Waals surface area contributed by atoms with Gasteiger partial charge in [-0.3, -0.25) is 14.5 Å². The molecule has 0 radical (unpaired) electrons. The van der Waals surface area contributed by atoms with Gasteiger partial charge in [-0.05, 0) is 55.1 Å². The smallest absolute Gasteiger partial charge is 0.261 e. The number of nitrogens with one attached hydrogen (secondary N) is 1. The van der Waals surface area contributed by atoms with Gasteiger partial charge in [0.15, 0.2) is 8.32 Å². The highest BCUT2D eigenvalue weighted by atomic mass is 28.4. The van der Waals surface area contributed by atoms with Gasteiger partial charge in [-0.1, -0.05) is 39.8 Å². The van der Waals surface area contributed by atoms with Gasteiger partial charge in [0.25, 0.3) is 11.8 Å². The summed E-state index contributed by atoms with van der Waals surface area (Å²) in [4.78, 5) is 27.6. The Morgan fingerprint density at radius 3 is 2.32 bits per heavy atom. The van der Waals surface area contributed by atoms with Crippen molar-refractivity contribution in [1.82, 2.24) is 4.90 Å². The van der Waals surface area contributed by atoms with Crippen molar-refractivity contribution in [3.8, 4) is 0 Å². The standard InChI is InChI=1S/C25H36N2O3Si/c1-6-31(7-2,30-5)17-9-15-26-22-13-12-21-23-19(22)10-8-11-20(23)24(28)27(25(21)29)16-14-18(3)4/h8,10-13,18,26H,6-7,9,14-17H2,1-5H3. The Kier molecular flexibility index (Phi) is 7.54. The molecule has 0 bridgehead atoms. The summed E-state index contributed by atoms with van der Waals surface area (Å²) in [5, 5.41) is 5.28. The van der Waals surface area contributed by atoms with Crippen LogP contribution in [-0.4, -0.2) is 45.2 Å². The molecule has 0 unspecified atom stereocenters. The van der Waals surface area contributed by atoms with E-state index in [1.165, 1.54) is 4.90 Å². The van der Waals surface area contributed by atoms with Crippen LogP contribution in [0, 0.1) is 5.92 Å². The number of carbonyl (C=O) groups excluding carboxylic acids is 2. The van der Waals surface area contributed by atoms with Crippen molar-refractivity contribution in [2.24, 2.45) is 5.92 Å². The summed E-state index contributed by atoms with van der Waals surface area (Å²) in [5.74, 6) is 0.0787. The molecule has 6 heteroatoms. The zero-order valence-corrected chi connectivity index (χ0v) is 20.6. The molecular formula is C25H36N2O3Si. The van der Waals surface area contributed by atoms with Crippen molar-refractivity contribution in [2.45, 2.75) is 58.7 Å². The average molecular weight is 441 g/mol. The molecule has 0 aromatic heterocycles. The summed E-state index contributed by atoms with van der Waals surface area (Å²) in [6, 6.07) is 13.0. The Bertz CT molecular complexity index is 923. The molecule has 31 heavy (non-hydrogen) atoms. The topological polar surface area (TPSA) is 58.6 Å². The number of amides is 2. The molecule has 2 aromatic carbocycles. The van der Waals surface area contributed by atoms with Crippen molar-refractivity contribution in [3.05, 3.63) is 41.5 Å². The second kappa shape index (κ2) is 9.96. The Hall–Kier alpha value is -2.18. The first-order valence-corrected chi connectivity index (χ1v) is 14.1. The van der Waals surface area contributed by atoms with Gasteiger partial charge in [0.2, 0.25) is 0 Å². The number of imide groups is 1. The predicted molar refractivity (Wildman–Crippen MR) is 130 cm³/mol. The van der Waals surface area contributed by atoms with Crippen molar-refractivity contribution >= 4 is 36.6 Å². The molecule has 3 rings (SSSR count). The zero-order valence-electron chi connectivity index (χ0n) is 19.6. The Morgan fingerprint density at radius 2 is 1.71 bits per heavy atom. The Balaban J connectivity index is 1.81. The largest absolute Gasteiger partial charge is 0.420 e. The molecule has 168 valence electrons. The fourth-order valence-electron chi connectivity index (χ4n) is 4.52. The molecule has 0 spiro atoms. The highest BCUT2D eigenvalue weighted by molar-refractivity contribution is 6.73. The molecule has 0 saturated heterocycles. The van der Waals surface area contributed by atoms with E-state index in [9.17, 15) is 9.59 Å². The quantitative estimate of drug-likeness (QED) is 0.268. The van der Waals surface area contributed by atoms with Gasteiger partial charge >= 0.3 is 0 Å². The number of rotatable bonds is 11. The van der Waals surface area contributed by atoms with Crippen LogP contribution in [0.3, 0.4) is 0 Å². The molecule has 0 saturated carbocycles. The van der Waals surface area contributed by atoms with E-state index < -0.39 is 8.32 Å². The van der Waals surface area contributed by atoms with E-state index in [1.807, 2.05) is 37.4 Å². The third-order valence-corrected chi connectivity index (χ3v) is 11.5. The van der Waals surface area contributed by atoms with Gasteiger partial charge in [0.05, 0.1) is 0 Å². The molecule has 5 nitrogen and oxygen atoms in total. The second-order valence-electron chi connectivity index (χ2n) is 8.96. The summed E-state index contributed by atoms with van der Waals surface area (Å²) in [5.41, 5.74) is 2.24. The normalized spacial score (nSPS) is 14.1. The molecule has 1 aliphatic heterocycles. The van der Waals surface area contributed by atoms with E-state index in [2.05, 4.69) is 33.0 Å². The molecule has 0 aliphatic carbocycles. The van der Waals surface area contributed by atoms with E-state index in [1.54, 1.807) is 0 Å². The van der Waals surface area contributed by atoms with Crippen LogP contribution >= 0.6 is 0 Å². The van der Waals surface area contributed by atoms with Crippen LogP contribution in [0.25, 0.3) is 10.8 Å². The SMILES string of the molecule is CC[Si](CC)(CCCNc1ccc2c3c(cccc13)C(=O)N(CCC(C)C)C2=O)OC. The van der Waals surface area contributed by atoms with Crippen LogP contribution < -0.4 is 5.32 Å². The first-order chi connectivity index (χ1) is 14.9. The molecule has 2 aromatic rings. The van der Waals surface area contributed by atoms with E-state index in [4.69, 9.17) is 4.43 Å². The fraction of sp³-hybridized carbons (Fsp3) is 0.520. The van der Waals surface area contributed by atoms with Gasteiger partial charge in [-0.25, -0.2) is 0 Å². The molecule has 0 fully saturated rings. The third-order valence-electron chi connectivity index (χ3n) is 6.77. The predicted octanol–water partition coefficient (Wildman–Crippen LogP) is 5.92. The second-order valence-corrected chi connectivity index (χ2v) is 13.6. The first-order valence-electron chi connectivity index (χ1n) is 11.6. The molecule has 1 N–H and O–H groups in total. The van der Waals surface area contributed by atoms with Gasteiger partial charge < -0.3 is 9.74 Å². The Labute approximate surface area is 187 Å². The average Bonchev–Trinajstić information content (AvgIpc) is 2.78. The lowest BCUT2D eigenvalue weighted by Gasteiger charge is -2.28. The van der Waals surface area contributed by atoms with Crippen LogP contribution in [0.1, 0.15) is 61.3 Å². The summed E-state index contributed by atoms with van der Waals surface area (Å²) in [6.45, 7) is 9.98. The van der Waals surface area contributed by atoms with E-state index in [0.717, 1.165) is 54.0 Å². The molecule has 1 heterocycles. The minimum atomic E-state index is -1.60. The summed E-state index contributed by atoms with van der Waals surface area (Å²) in [7, 11) is 0.258. The van der Waals surface area contributed by atoms with Crippen LogP contribution in [0.4, 0.5) is 5.69 Å². The number of carbonyl (C=O) groups is 2. The van der Waals surface area contributed by atoms with Crippen molar-refractivity contribution < 1.29 is 14.0 Å². The molecular weight excluding hydrogens is 404 g/mol. The maximum Gasteiger partial charge on any atom is 0.261 e. The van der Waals surface area contributed by atoms with Gasteiger partial charge in [-0.2, -0.15) is 0 Å². The Morgan fingerprint density at radius 1 is 1.03 bits per heavy atom. The number of hydrogen-bond donors (Lipinski definition) is 1. The van der Waals surface area contributed by atoms with Crippen LogP contribution in [0.15, 0.2) is 30.3 Å². The summed E-state index contributed by atoms with van der Waals surface area (Å²) >= 11 is 0. The first kappa shape index (κ1) is 23.5. The maximum absolute atomic E-state index is 13.1. The number of anilines is 1. The zero-order chi connectivity index (χ0) is 22.6. The van der Waals surface area contributed by atoms with E-state index >= 15 is 0 Å².